The highest BCUT2D eigenvalue weighted by molar-refractivity contribution is 7.91. The molecule has 1 unspecified atom stereocenters. The molecule has 0 saturated heterocycles. The van der Waals surface area contributed by atoms with Crippen LogP contribution in [0.4, 0.5) is 0 Å². The number of sulfone groups is 1. The van der Waals surface area contributed by atoms with E-state index in [2.05, 4.69) is 11.8 Å². The summed E-state index contributed by atoms with van der Waals surface area (Å²) in [7, 11) is -7.49. The Morgan fingerprint density at radius 3 is 2.29 bits per heavy atom. The summed E-state index contributed by atoms with van der Waals surface area (Å²) in [5.41, 5.74) is 0. The second-order valence-electron chi connectivity index (χ2n) is 4.61. The minimum absolute atomic E-state index is 0.0790. The van der Waals surface area contributed by atoms with E-state index < -0.39 is 31.6 Å². The van der Waals surface area contributed by atoms with Crippen molar-refractivity contribution in [2.24, 2.45) is 5.92 Å². The van der Waals surface area contributed by atoms with Crippen LogP contribution in [0.25, 0.3) is 0 Å². The predicted octanol–water partition coefficient (Wildman–Crippen LogP) is 1.77. The highest BCUT2D eigenvalue weighted by Crippen LogP contribution is 2.15. The minimum atomic E-state index is -4.12. The maximum atomic E-state index is 12.1. The van der Waals surface area contributed by atoms with E-state index in [1.165, 1.54) is 12.1 Å². The lowest BCUT2D eigenvalue weighted by molar-refractivity contribution is 0.472. The van der Waals surface area contributed by atoms with E-state index >= 15 is 0 Å². The zero-order valence-electron chi connectivity index (χ0n) is 11.7. The van der Waals surface area contributed by atoms with Gasteiger partial charge in [-0.15, -0.1) is 5.92 Å². The molecule has 0 heterocycles. The van der Waals surface area contributed by atoms with Crippen molar-refractivity contribution in [3.8, 4) is 11.8 Å². The normalized spacial score (nSPS) is 13.2. The van der Waals surface area contributed by atoms with Gasteiger partial charge in [0.05, 0.1) is 16.4 Å². The zero-order valence-corrected chi connectivity index (χ0v) is 13.3. The van der Waals surface area contributed by atoms with Crippen molar-refractivity contribution in [2.75, 3.05) is 11.5 Å². The number of hydrogen-bond acceptors (Lipinski definition) is 4. The molecule has 1 aromatic carbocycles. The summed E-state index contributed by atoms with van der Waals surface area (Å²) in [5, 5.41) is 0. The van der Waals surface area contributed by atoms with Gasteiger partial charge in [-0.25, -0.2) is 8.42 Å². The second kappa shape index (κ2) is 7.59. The molecule has 0 bridgehead atoms. The van der Waals surface area contributed by atoms with Crippen LogP contribution in [0.3, 0.4) is 0 Å². The summed E-state index contributed by atoms with van der Waals surface area (Å²) in [6.45, 7) is 1.57. The first-order valence-electron chi connectivity index (χ1n) is 6.40. The fourth-order valence-electron chi connectivity index (χ4n) is 1.92. The van der Waals surface area contributed by atoms with Gasteiger partial charge < -0.3 is 0 Å². The monoisotopic (exact) mass is 330 g/mol. The van der Waals surface area contributed by atoms with Crippen LogP contribution in [0, 0.1) is 17.8 Å². The van der Waals surface area contributed by atoms with E-state index in [1.54, 1.807) is 25.1 Å². The fraction of sp³-hybridized carbons (Fsp3) is 0.429. The first kappa shape index (κ1) is 17.7. The number of rotatable bonds is 7. The molecule has 1 N–H and O–H groups in total. The van der Waals surface area contributed by atoms with Gasteiger partial charge in [0.25, 0.3) is 10.1 Å². The van der Waals surface area contributed by atoms with Crippen molar-refractivity contribution in [3.63, 3.8) is 0 Å². The van der Waals surface area contributed by atoms with Gasteiger partial charge in [0.1, 0.15) is 0 Å². The summed E-state index contributed by atoms with van der Waals surface area (Å²) in [5.74, 6) is 4.16. The van der Waals surface area contributed by atoms with E-state index in [0.717, 1.165) is 0 Å². The molecular weight excluding hydrogens is 312 g/mol. The zero-order chi connectivity index (χ0) is 15.9. The third kappa shape index (κ3) is 6.76. The molecule has 0 saturated carbocycles. The lowest BCUT2D eigenvalue weighted by Crippen LogP contribution is -2.15. The lowest BCUT2D eigenvalue weighted by Gasteiger charge is -2.09. The van der Waals surface area contributed by atoms with Crippen molar-refractivity contribution < 1.29 is 21.4 Å². The Kier molecular flexibility index (Phi) is 6.40. The predicted molar refractivity (Wildman–Crippen MR) is 81.1 cm³/mol. The molecule has 21 heavy (non-hydrogen) atoms. The van der Waals surface area contributed by atoms with E-state index in [-0.39, 0.29) is 17.1 Å². The molecule has 0 aromatic heterocycles. The Balaban J connectivity index is 2.64. The molecule has 116 valence electrons. The average molecular weight is 330 g/mol. The Hall–Kier alpha value is -1.36. The highest BCUT2D eigenvalue weighted by atomic mass is 32.2. The van der Waals surface area contributed by atoms with E-state index in [9.17, 15) is 16.8 Å². The summed E-state index contributed by atoms with van der Waals surface area (Å²) in [4.78, 5) is 0.248. The van der Waals surface area contributed by atoms with Gasteiger partial charge in [-0.05, 0) is 31.9 Å². The highest BCUT2D eigenvalue weighted by Gasteiger charge is 2.18. The lowest BCUT2D eigenvalue weighted by atomic mass is 10.1. The standard InChI is InChI=1S/C14H18O5S2/c1-2-7-13(12-21(17,18)19)8-6-11-20(15,16)14-9-4-3-5-10-14/h3-5,9-10,13H,6,8,11-12H2,1H3,(H,17,18,19). The third-order valence-corrected chi connectivity index (χ3v) is 5.47. The Morgan fingerprint density at radius 2 is 1.76 bits per heavy atom. The van der Waals surface area contributed by atoms with Crippen LogP contribution in [0.5, 0.6) is 0 Å². The first-order chi connectivity index (χ1) is 9.74. The van der Waals surface area contributed by atoms with Crippen LogP contribution in [0.2, 0.25) is 0 Å². The van der Waals surface area contributed by atoms with Crippen molar-refractivity contribution in [2.45, 2.75) is 24.7 Å². The topological polar surface area (TPSA) is 88.5 Å². The van der Waals surface area contributed by atoms with Crippen molar-refractivity contribution in [3.05, 3.63) is 30.3 Å². The molecule has 0 aliphatic heterocycles. The molecule has 1 atom stereocenters. The van der Waals surface area contributed by atoms with Crippen LogP contribution >= 0.6 is 0 Å². The summed E-state index contributed by atoms with van der Waals surface area (Å²) >= 11 is 0. The molecule has 5 nitrogen and oxygen atoms in total. The van der Waals surface area contributed by atoms with Gasteiger partial charge in [0.2, 0.25) is 0 Å². The van der Waals surface area contributed by atoms with E-state index in [1.807, 2.05) is 0 Å². The van der Waals surface area contributed by atoms with Crippen LogP contribution in [0.15, 0.2) is 35.2 Å². The molecule has 0 aliphatic rings. The molecule has 0 aliphatic carbocycles. The molecule has 1 aromatic rings. The van der Waals surface area contributed by atoms with Gasteiger partial charge in [-0.2, -0.15) is 8.42 Å². The number of hydrogen-bond donors (Lipinski definition) is 1. The summed E-state index contributed by atoms with van der Waals surface area (Å²) < 4.78 is 54.7. The fourth-order valence-corrected chi connectivity index (χ4v) is 4.03. The van der Waals surface area contributed by atoms with Gasteiger partial charge in [-0.3, -0.25) is 4.55 Å². The molecule has 0 amide bonds. The van der Waals surface area contributed by atoms with Gasteiger partial charge >= 0.3 is 0 Å². The molecule has 0 radical (unpaired) electrons. The first-order valence-corrected chi connectivity index (χ1v) is 9.66. The maximum absolute atomic E-state index is 12.1. The molecule has 0 spiro atoms. The van der Waals surface area contributed by atoms with Crippen molar-refractivity contribution in [1.29, 1.82) is 0 Å². The average Bonchev–Trinajstić information content (AvgIpc) is 2.38. The van der Waals surface area contributed by atoms with Crippen molar-refractivity contribution in [1.82, 2.24) is 0 Å². The second-order valence-corrected chi connectivity index (χ2v) is 8.22. The van der Waals surface area contributed by atoms with Gasteiger partial charge in [-0.1, -0.05) is 24.1 Å². The summed E-state index contributed by atoms with van der Waals surface area (Å²) in [6.07, 6.45) is 0.582. The van der Waals surface area contributed by atoms with Crippen molar-refractivity contribution >= 4 is 20.0 Å². The summed E-state index contributed by atoms with van der Waals surface area (Å²) in [6, 6.07) is 8.08. The van der Waals surface area contributed by atoms with E-state index in [0.29, 0.717) is 6.42 Å². The Bertz CT molecular complexity index is 710. The Morgan fingerprint density at radius 1 is 1.14 bits per heavy atom. The SMILES string of the molecule is CC#CC(CCCS(=O)(=O)c1ccccc1)CS(=O)(=O)O. The molecule has 7 heteroatoms. The van der Waals surface area contributed by atoms with Crippen LogP contribution in [-0.2, 0) is 20.0 Å². The van der Waals surface area contributed by atoms with Gasteiger partial charge in [0.15, 0.2) is 9.84 Å². The minimum Gasteiger partial charge on any atom is -0.286 e. The quantitative estimate of drug-likeness (QED) is 0.608. The molecule has 1 rings (SSSR count). The third-order valence-electron chi connectivity index (χ3n) is 2.83. The smallest absolute Gasteiger partial charge is 0.266 e. The van der Waals surface area contributed by atoms with Crippen LogP contribution in [0.1, 0.15) is 19.8 Å². The van der Waals surface area contributed by atoms with E-state index in [4.69, 9.17) is 4.55 Å². The van der Waals surface area contributed by atoms with Gasteiger partial charge in [0, 0.05) is 5.92 Å². The molecular formula is C14H18O5S2. The molecule has 0 fully saturated rings. The maximum Gasteiger partial charge on any atom is 0.266 e. The van der Waals surface area contributed by atoms with Crippen LogP contribution < -0.4 is 0 Å². The number of benzene rings is 1. The largest absolute Gasteiger partial charge is 0.286 e. The van der Waals surface area contributed by atoms with Crippen LogP contribution in [-0.4, -0.2) is 32.9 Å². The Labute approximate surface area is 126 Å².